The number of sulfonamides is 1. The number of piperidine rings is 2. The molecule has 0 radical (unpaired) electrons. The summed E-state index contributed by atoms with van der Waals surface area (Å²) in [6, 6.07) is 1.98. The average molecular weight is 387 g/mol. The van der Waals surface area contributed by atoms with E-state index in [4.69, 9.17) is 4.74 Å². The highest BCUT2D eigenvalue weighted by Gasteiger charge is 2.30. The van der Waals surface area contributed by atoms with Crippen LogP contribution in [0.25, 0.3) is 0 Å². The van der Waals surface area contributed by atoms with E-state index >= 15 is 0 Å². The average Bonchev–Trinajstić information content (AvgIpc) is 3.01. The van der Waals surface area contributed by atoms with Crippen LogP contribution in [0, 0.1) is 6.92 Å². The fraction of sp³-hybridized carbons (Fsp3) is 0.706. The molecule has 2 saturated heterocycles. The van der Waals surface area contributed by atoms with Gasteiger partial charge in [0.25, 0.3) is 5.91 Å². The Bertz CT molecular complexity index is 700. The first kappa shape index (κ1) is 18.8. The van der Waals surface area contributed by atoms with E-state index in [0.29, 0.717) is 13.1 Å². The van der Waals surface area contributed by atoms with E-state index in [-0.39, 0.29) is 18.1 Å². The van der Waals surface area contributed by atoms with Crippen LogP contribution in [-0.4, -0.2) is 68.2 Å². The lowest BCUT2D eigenvalue weighted by molar-refractivity contribution is -0.0557. The van der Waals surface area contributed by atoms with Gasteiger partial charge in [-0.15, -0.1) is 11.3 Å². The topological polar surface area (TPSA) is 66.9 Å². The smallest absolute Gasteiger partial charge is 0.264 e. The van der Waals surface area contributed by atoms with E-state index in [1.54, 1.807) is 0 Å². The summed E-state index contributed by atoms with van der Waals surface area (Å²) in [7, 11) is -3.09. The van der Waals surface area contributed by atoms with Crippen LogP contribution >= 0.6 is 11.3 Å². The highest BCUT2D eigenvalue weighted by atomic mass is 32.2. The van der Waals surface area contributed by atoms with Crippen molar-refractivity contribution in [1.29, 1.82) is 0 Å². The summed E-state index contributed by atoms with van der Waals surface area (Å²) in [6.45, 7) is 4.51. The first-order valence-corrected chi connectivity index (χ1v) is 11.5. The van der Waals surface area contributed by atoms with Gasteiger partial charge in [0, 0.05) is 26.2 Å². The SMILES string of the molecule is Cc1ccsc1C(=O)N1CCC(OC2CCN(S(C)(=O)=O)CC2)CC1. The zero-order valence-electron chi connectivity index (χ0n) is 14.8. The summed E-state index contributed by atoms with van der Waals surface area (Å²) in [5, 5.41) is 1.96. The summed E-state index contributed by atoms with van der Waals surface area (Å²) < 4.78 is 30.8. The molecule has 2 fully saturated rings. The number of carbonyl (C=O) groups is 1. The zero-order valence-corrected chi connectivity index (χ0v) is 16.4. The molecule has 1 aromatic heterocycles. The number of hydrogen-bond donors (Lipinski definition) is 0. The molecule has 6 nitrogen and oxygen atoms in total. The van der Waals surface area contributed by atoms with E-state index in [9.17, 15) is 13.2 Å². The number of ether oxygens (including phenoxy) is 1. The van der Waals surface area contributed by atoms with E-state index in [2.05, 4.69) is 0 Å². The zero-order chi connectivity index (χ0) is 18.0. The lowest BCUT2D eigenvalue weighted by Crippen LogP contribution is -2.44. The van der Waals surface area contributed by atoms with Crippen LogP contribution in [0.4, 0.5) is 0 Å². The molecule has 0 atom stereocenters. The van der Waals surface area contributed by atoms with Gasteiger partial charge in [0.15, 0.2) is 0 Å². The van der Waals surface area contributed by atoms with E-state index in [1.165, 1.54) is 21.9 Å². The third-order valence-electron chi connectivity index (χ3n) is 5.04. The summed E-state index contributed by atoms with van der Waals surface area (Å²) >= 11 is 1.51. The number of nitrogens with zero attached hydrogens (tertiary/aromatic N) is 2. The highest BCUT2D eigenvalue weighted by Crippen LogP contribution is 2.24. The number of amides is 1. The van der Waals surface area contributed by atoms with Crippen LogP contribution in [0.1, 0.15) is 40.9 Å². The molecule has 0 unspecified atom stereocenters. The third kappa shape index (κ3) is 4.61. The lowest BCUT2D eigenvalue weighted by Gasteiger charge is -2.36. The number of likely N-dealkylation sites (tertiary alicyclic amines) is 1. The van der Waals surface area contributed by atoms with Crippen molar-refractivity contribution < 1.29 is 17.9 Å². The maximum atomic E-state index is 12.5. The molecule has 0 aliphatic carbocycles. The number of thiophene rings is 1. The van der Waals surface area contributed by atoms with Gasteiger partial charge in [-0.05, 0) is 49.6 Å². The molecule has 0 N–H and O–H groups in total. The maximum Gasteiger partial charge on any atom is 0.264 e. The van der Waals surface area contributed by atoms with E-state index in [1.807, 2.05) is 23.3 Å². The van der Waals surface area contributed by atoms with E-state index in [0.717, 1.165) is 49.2 Å². The van der Waals surface area contributed by atoms with Crippen LogP contribution in [0.3, 0.4) is 0 Å². The highest BCUT2D eigenvalue weighted by molar-refractivity contribution is 7.88. The van der Waals surface area contributed by atoms with E-state index < -0.39 is 10.0 Å². The molecule has 2 aliphatic heterocycles. The van der Waals surface area contributed by atoms with Gasteiger partial charge in [-0.25, -0.2) is 12.7 Å². The molecule has 0 aromatic carbocycles. The Balaban J connectivity index is 1.44. The third-order valence-corrected chi connectivity index (χ3v) is 7.35. The van der Waals surface area contributed by atoms with Gasteiger partial charge < -0.3 is 9.64 Å². The molecule has 8 heteroatoms. The number of rotatable bonds is 4. The van der Waals surface area contributed by atoms with Crippen LogP contribution in [0.15, 0.2) is 11.4 Å². The van der Waals surface area contributed by atoms with Gasteiger partial charge >= 0.3 is 0 Å². The molecule has 1 amide bonds. The number of hydrogen-bond acceptors (Lipinski definition) is 5. The van der Waals surface area contributed by atoms with Crippen LogP contribution in [-0.2, 0) is 14.8 Å². The quantitative estimate of drug-likeness (QED) is 0.795. The second kappa shape index (κ2) is 7.73. The monoisotopic (exact) mass is 386 g/mol. The molecular weight excluding hydrogens is 360 g/mol. The minimum atomic E-state index is -3.09. The molecule has 0 spiro atoms. The molecule has 3 rings (SSSR count). The molecule has 3 heterocycles. The molecule has 0 bridgehead atoms. The fourth-order valence-electron chi connectivity index (χ4n) is 3.50. The minimum absolute atomic E-state index is 0.129. The Kier molecular flexibility index (Phi) is 5.82. The Morgan fingerprint density at radius 3 is 2.16 bits per heavy atom. The second-order valence-electron chi connectivity index (χ2n) is 6.92. The first-order valence-electron chi connectivity index (χ1n) is 8.78. The van der Waals surface area contributed by atoms with Gasteiger partial charge in [0.2, 0.25) is 10.0 Å². The Morgan fingerprint density at radius 2 is 1.68 bits per heavy atom. The van der Waals surface area contributed by atoms with Crippen molar-refractivity contribution in [2.75, 3.05) is 32.4 Å². The van der Waals surface area contributed by atoms with Crippen molar-refractivity contribution in [2.24, 2.45) is 0 Å². The van der Waals surface area contributed by atoms with Gasteiger partial charge in [0.1, 0.15) is 0 Å². The summed E-state index contributed by atoms with van der Waals surface area (Å²) in [4.78, 5) is 15.3. The van der Waals surface area contributed by atoms with Gasteiger partial charge in [-0.1, -0.05) is 0 Å². The lowest BCUT2D eigenvalue weighted by atomic mass is 10.0. The number of aryl methyl sites for hydroxylation is 1. The summed E-state index contributed by atoms with van der Waals surface area (Å²) in [6.07, 6.45) is 4.76. The standard InChI is InChI=1S/C17H26N2O4S2/c1-13-7-12-24-16(13)17(20)18-8-3-14(4-9-18)23-15-5-10-19(11-6-15)25(2,21)22/h7,12,14-15H,3-6,8-11H2,1-2H3. The van der Waals surface area contributed by atoms with Gasteiger partial charge in [-0.3, -0.25) is 4.79 Å². The van der Waals surface area contributed by atoms with Crippen molar-refractivity contribution >= 4 is 27.3 Å². The van der Waals surface area contributed by atoms with Crippen molar-refractivity contribution in [3.05, 3.63) is 21.9 Å². The number of carbonyl (C=O) groups excluding carboxylic acids is 1. The van der Waals surface area contributed by atoms with Crippen molar-refractivity contribution in [3.63, 3.8) is 0 Å². The largest absolute Gasteiger partial charge is 0.375 e. The second-order valence-corrected chi connectivity index (χ2v) is 9.82. The van der Waals surface area contributed by atoms with Crippen molar-refractivity contribution in [2.45, 2.75) is 44.8 Å². The Labute approximate surface area is 153 Å². The molecule has 1 aromatic rings. The molecular formula is C17H26N2O4S2. The summed E-state index contributed by atoms with van der Waals surface area (Å²) in [5.41, 5.74) is 1.05. The molecule has 25 heavy (non-hydrogen) atoms. The van der Waals surface area contributed by atoms with Crippen molar-refractivity contribution in [1.82, 2.24) is 9.21 Å². The molecule has 2 aliphatic rings. The maximum absolute atomic E-state index is 12.5. The predicted molar refractivity (Wildman–Crippen MR) is 98.5 cm³/mol. The van der Waals surface area contributed by atoms with Crippen molar-refractivity contribution in [3.8, 4) is 0 Å². The van der Waals surface area contributed by atoms with Crippen LogP contribution in [0.2, 0.25) is 0 Å². The molecule has 0 saturated carbocycles. The first-order chi connectivity index (χ1) is 11.8. The summed E-state index contributed by atoms with van der Waals surface area (Å²) in [5.74, 6) is 0.132. The predicted octanol–water partition coefficient (Wildman–Crippen LogP) is 2.10. The van der Waals surface area contributed by atoms with Crippen LogP contribution in [0.5, 0.6) is 0 Å². The Hall–Kier alpha value is -0.960. The van der Waals surface area contributed by atoms with Crippen LogP contribution < -0.4 is 0 Å². The Morgan fingerprint density at radius 1 is 1.12 bits per heavy atom. The fourth-order valence-corrected chi connectivity index (χ4v) is 5.27. The normalized spacial score (nSPS) is 21.6. The minimum Gasteiger partial charge on any atom is -0.375 e. The molecule has 140 valence electrons. The van der Waals surface area contributed by atoms with Gasteiger partial charge in [0.05, 0.1) is 23.3 Å². The van der Waals surface area contributed by atoms with Gasteiger partial charge in [-0.2, -0.15) is 0 Å².